The summed E-state index contributed by atoms with van der Waals surface area (Å²) >= 11 is 3.58. The van der Waals surface area contributed by atoms with Crippen LogP contribution in [0.15, 0.2) is 83.3 Å². The number of hydrogen-bond acceptors (Lipinski definition) is 0. The normalized spacial score (nSPS) is 14.3. The third-order valence-electron chi connectivity index (χ3n) is 5.70. The van der Waals surface area contributed by atoms with E-state index in [0.29, 0.717) is 0 Å². The van der Waals surface area contributed by atoms with Gasteiger partial charge in [0, 0.05) is 9.89 Å². The minimum absolute atomic E-state index is 0.0475. The summed E-state index contributed by atoms with van der Waals surface area (Å²) in [5.74, 6) is 0. The molecule has 5 rings (SSSR count). The summed E-state index contributed by atoms with van der Waals surface area (Å²) in [6.45, 7) is 4.67. The van der Waals surface area contributed by atoms with E-state index in [1.54, 1.807) is 0 Å². The van der Waals surface area contributed by atoms with Gasteiger partial charge in [-0.1, -0.05) is 78.3 Å². The fourth-order valence-corrected chi connectivity index (χ4v) is 4.69. The molecule has 0 nitrogen and oxygen atoms in total. The third-order valence-corrected chi connectivity index (χ3v) is 6.19. The molecule has 0 heterocycles. The summed E-state index contributed by atoms with van der Waals surface area (Å²) in [5.41, 5.74) is 8.16. The molecule has 126 valence electrons. The van der Waals surface area contributed by atoms with Crippen molar-refractivity contribution in [2.24, 2.45) is 0 Å². The maximum atomic E-state index is 3.58. The van der Waals surface area contributed by atoms with Crippen molar-refractivity contribution in [1.29, 1.82) is 0 Å². The molecule has 4 aromatic carbocycles. The first kappa shape index (κ1) is 15.8. The highest BCUT2D eigenvalue weighted by atomic mass is 79.9. The van der Waals surface area contributed by atoms with Crippen LogP contribution in [0.1, 0.15) is 25.0 Å². The van der Waals surface area contributed by atoms with Crippen molar-refractivity contribution < 1.29 is 0 Å². The first-order valence-electron chi connectivity index (χ1n) is 8.98. The van der Waals surface area contributed by atoms with Crippen LogP contribution in [0.25, 0.3) is 33.0 Å². The summed E-state index contributed by atoms with van der Waals surface area (Å²) in [7, 11) is 0. The maximum Gasteiger partial charge on any atom is 0.0181 e. The zero-order valence-electron chi connectivity index (χ0n) is 14.9. The fourth-order valence-electron chi connectivity index (χ4n) is 4.29. The van der Waals surface area contributed by atoms with Gasteiger partial charge < -0.3 is 0 Å². The molecule has 1 aliphatic carbocycles. The summed E-state index contributed by atoms with van der Waals surface area (Å²) in [5, 5.41) is 2.61. The Morgan fingerprint density at radius 2 is 1.42 bits per heavy atom. The van der Waals surface area contributed by atoms with Crippen LogP contribution in [0.5, 0.6) is 0 Å². The molecule has 26 heavy (non-hydrogen) atoms. The van der Waals surface area contributed by atoms with Crippen molar-refractivity contribution in [3.63, 3.8) is 0 Å². The lowest BCUT2D eigenvalue weighted by molar-refractivity contribution is 0.661. The highest BCUT2D eigenvalue weighted by Crippen LogP contribution is 2.49. The lowest BCUT2D eigenvalue weighted by Gasteiger charge is -2.21. The number of halogens is 1. The molecular formula is C25H19Br. The second-order valence-corrected chi connectivity index (χ2v) is 8.56. The summed E-state index contributed by atoms with van der Waals surface area (Å²) in [6.07, 6.45) is 0. The average Bonchev–Trinajstić information content (AvgIpc) is 2.87. The molecule has 4 aromatic rings. The minimum Gasteiger partial charge on any atom is -0.0619 e. The Kier molecular flexibility index (Phi) is 3.39. The Morgan fingerprint density at radius 3 is 2.27 bits per heavy atom. The summed E-state index contributed by atoms with van der Waals surface area (Å²) in [4.78, 5) is 0. The highest BCUT2D eigenvalue weighted by molar-refractivity contribution is 9.10. The van der Waals surface area contributed by atoms with Gasteiger partial charge in [0.2, 0.25) is 0 Å². The van der Waals surface area contributed by atoms with Crippen molar-refractivity contribution >= 4 is 26.7 Å². The van der Waals surface area contributed by atoms with Gasteiger partial charge in [-0.05, 0) is 74.5 Å². The van der Waals surface area contributed by atoms with E-state index in [9.17, 15) is 0 Å². The third kappa shape index (κ3) is 2.27. The lowest BCUT2D eigenvalue weighted by Crippen LogP contribution is -2.14. The molecule has 1 heteroatoms. The monoisotopic (exact) mass is 398 g/mol. The molecule has 0 unspecified atom stereocenters. The van der Waals surface area contributed by atoms with E-state index in [0.717, 1.165) is 4.47 Å². The van der Waals surface area contributed by atoms with Gasteiger partial charge in [-0.15, -0.1) is 0 Å². The van der Waals surface area contributed by atoms with Crippen LogP contribution < -0.4 is 0 Å². The predicted molar refractivity (Wildman–Crippen MR) is 115 cm³/mol. The molecule has 0 amide bonds. The van der Waals surface area contributed by atoms with Crippen LogP contribution in [-0.2, 0) is 5.41 Å². The quantitative estimate of drug-likeness (QED) is 0.310. The molecular weight excluding hydrogens is 380 g/mol. The molecule has 0 aliphatic heterocycles. The first-order valence-corrected chi connectivity index (χ1v) is 9.77. The number of rotatable bonds is 1. The Morgan fingerprint density at radius 1 is 0.615 bits per heavy atom. The zero-order chi connectivity index (χ0) is 17.9. The van der Waals surface area contributed by atoms with Gasteiger partial charge in [0.05, 0.1) is 0 Å². The first-order chi connectivity index (χ1) is 12.5. The van der Waals surface area contributed by atoms with Gasteiger partial charge in [-0.2, -0.15) is 0 Å². The fraction of sp³-hybridized carbons (Fsp3) is 0.120. The van der Waals surface area contributed by atoms with Crippen molar-refractivity contribution in [2.75, 3.05) is 0 Å². The number of hydrogen-bond donors (Lipinski definition) is 0. The van der Waals surface area contributed by atoms with E-state index in [4.69, 9.17) is 0 Å². The Bertz CT molecular complexity index is 1170. The van der Waals surface area contributed by atoms with E-state index in [2.05, 4.69) is 109 Å². The molecule has 0 bridgehead atoms. The van der Waals surface area contributed by atoms with Crippen LogP contribution in [0.2, 0.25) is 0 Å². The largest absolute Gasteiger partial charge is 0.0619 e. The molecule has 0 N–H and O–H groups in total. The number of fused-ring (bicyclic) bond motifs is 4. The van der Waals surface area contributed by atoms with Gasteiger partial charge in [0.1, 0.15) is 0 Å². The SMILES string of the molecule is CC1(C)c2ccccc2-c2cc3ccc(-c4cccc(Br)c4)cc3cc21. The minimum atomic E-state index is 0.0475. The standard InChI is InChI=1S/C25H19Br/c1-25(2)23-9-4-3-8-21(23)22-14-18-11-10-17(12-19(18)15-24(22)25)16-6-5-7-20(26)13-16/h3-15H,1-2H3. The average molecular weight is 399 g/mol. The van der Waals surface area contributed by atoms with E-state index in [-0.39, 0.29) is 5.41 Å². The van der Waals surface area contributed by atoms with Gasteiger partial charge >= 0.3 is 0 Å². The van der Waals surface area contributed by atoms with Crippen molar-refractivity contribution in [3.8, 4) is 22.3 Å². The Hall–Kier alpha value is -2.38. The molecule has 0 spiro atoms. The maximum absolute atomic E-state index is 3.58. The number of benzene rings is 4. The van der Waals surface area contributed by atoms with Crippen molar-refractivity contribution in [1.82, 2.24) is 0 Å². The van der Waals surface area contributed by atoms with Crippen LogP contribution >= 0.6 is 15.9 Å². The summed E-state index contributed by atoms with van der Waals surface area (Å²) in [6, 6.07) is 28.9. The van der Waals surface area contributed by atoms with Crippen molar-refractivity contribution in [2.45, 2.75) is 19.3 Å². The predicted octanol–water partition coefficient (Wildman–Crippen LogP) is 7.58. The molecule has 0 saturated carbocycles. The topological polar surface area (TPSA) is 0 Å². The van der Waals surface area contributed by atoms with E-state index >= 15 is 0 Å². The van der Waals surface area contributed by atoms with E-state index in [1.807, 2.05) is 0 Å². The molecule has 0 aromatic heterocycles. The Balaban J connectivity index is 1.74. The molecule has 0 atom stereocenters. The van der Waals surface area contributed by atoms with Crippen molar-refractivity contribution in [3.05, 3.63) is 94.5 Å². The van der Waals surface area contributed by atoms with Gasteiger partial charge in [-0.25, -0.2) is 0 Å². The van der Waals surface area contributed by atoms with Crippen LogP contribution in [0.4, 0.5) is 0 Å². The Labute approximate surface area is 162 Å². The lowest BCUT2D eigenvalue weighted by atomic mass is 9.82. The van der Waals surface area contributed by atoms with Gasteiger partial charge in [0.25, 0.3) is 0 Å². The summed E-state index contributed by atoms with van der Waals surface area (Å²) < 4.78 is 1.11. The molecule has 0 fully saturated rings. The highest BCUT2D eigenvalue weighted by Gasteiger charge is 2.35. The smallest absolute Gasteiger partial charge is 0.0181 e. The van der Waals surface area contributed by atoms with E-state index < -0.39 is 0 Å². The van der Waals surface area contributed by atoms with Gasteiger partial charge in [0.15, 0.2) is 0 Å². The van der Waals surface area contributed by atoms with Crippen LogP contribution in [0.3, 0.4) is 0 Å². The second-order valence-electron chi connectivity index (χ2n) is 7.64. The zero-order valence-corrected chi connectivity index (χ0v) is 16.5. The second kappa shape index (κ2) is 5.56. The molecule has 0 saturated heterocycles. The van der Waals surface area contributed by atoms with Crippen LogP contribution in [0, 0.1) is 0 Å². The van der Waals surface area contributed by atoms with Crippen LogP contribution in [-0.4, -0.2) is 0 Å². The molecule has 0 radical (unpaired) electrons. The molecule has 1 aliphatic rings. The van der Waals surface area contributed by atoms with Gasteiger partial charge in [-0.3, -0.25) is 0 Å². The van der Waals surface area contributed by atoms with E-state index in [1.165, 1.54) is 44.2 Å².